The van der Waals surface area contributed by atoms with Crippen molar-refractivity contribution in [2.45, 2.75) is 6.42 Å². The van der Waals surface area contributed by atoms with Crippen molar-refractivity contribution < 1.29 is 0 Å². The molecule has 1 heteroatoms. The lowest BCUT2D eigenvalue weighted by Gasteiger charge is -2.05. The van der Waals surface area contributed by atoms with Gasteiger partial charge in [-0.15, -0.1) is 0 Å². The molecule has 3 aromatic carbocycles. The zero-order valence-corrected chi connectivity index (χ0v) is 9.35. The first-order chi connectivity index (χ1) is 8.38. The Balaban J connectivity index is 2.40. The van der Waals surface area contributed by atoms with E-state index >= 15 is 0 Å². The van der Waals surface area contributed by atoms with Gasteiger partial charge in [-0.25, -0.2) is 0 Å². The van der Waals surface area contributed by atoms with Crippen LogP contribution in [0, 0.1) is 11.3 Å². The molecule has 0 fully saturated rings. The predicted octanol–water partition coefficient (Wildman–Crippen LogP) is 4.06. The standard InChI is InChI=1S/C16H11N/c17-9-8-12-6-3-7-15-10-13-4-1-2-5-14(13)11-16(12)15/h1-7,10-11H,8H2. The third-order valence-corrected chi connectivity index (χ3v) is 3.11. The lowest BCUT2D eigenvalue weighted by molar-refractivity contribution is 1.29. The van der Waals surface area contributed by atoms with Crippen molar-refractivity contribution in [2.75, 3.05) is 0 Å². The van der Waals surface area contributed by atoms with Crippen LogP contribution < -0.4 is 0 Å². The Morgan fingerprint density at radius 2 is 1.53 bits per heavy atom. The van der Waals surface area contributed by atoms with Gasteiger partial charge in [0.1, 0.15) is 0 Å². The van der Waals surface area contributed by atoms with Crippen molar-refractivity contribution in [3.05, 3.63) is 60.2 Å². The quantitative estimate of drug-likeness (QED) is 0.564. The van der Waals surface area contributed by atoms with Gasteiger partial charge in [0.05, 0.1) is 12.5 Å². The number of rotatable bonds is 1. The van der Waals surface area contributed by atoms with Gasteiger partial charge in [0.2, 0.25) is 0 Å². The first-order valence-electron chi connectivity index (χ1n) is 5.66. The van der Waals surface area contributed by atoms with Gasteiger partial charge >= 0.3 is 0 Å². The van der Waals surface area contributed by atoms with E-state index in [0.717, 1.165) is 5.56 Å². The summed E-state index contributed by atoms with van der Waals surface area (Å²) in [6, 6.07) is 21.1. The van der Waals surface area contributed by atoms with Crippen molar-refractivity contribution >= 4 is 21.5 Å². The maximum absolute atomic E-state index is 8.84. The normalized spacial score (nSPS) is 10.5. The molecule has 3 aromatic rings. The van der Waals surface area contributed by atoms with E-state index in [-0.39, 0.29) is 0 Å². The van der Waals surface area contributed by atoms with E-state index in [9.17, 15) is 0 Å². The molecule has 0 atom stereocenters. The van der Waals surface area contributed by atoms with E-state index in [0.29, 0.717) is 6.42 Å². The van der Waals surface area contributed by atoms with Crippen LogP contribution >= 0.6 is 0 Å². The Morgan fingerprint density at radius 3 is 2.29 bits per heavy atom. The molecule has 17 heavy (non-hydrogen) atoms. The number of fused-ring (bicyclic) bond motifs is 2. The molecule has 0 N–H and O–H groups in total. The molecule has 0 bridgehead atoms. The molecule has 0 saturated heterocycles. The van der Waals surface area contributed by atoms with Gasteiger partial charge < -0.3 is 0 Å². The van der Waals surface area contributed by atoms with E-state index in [2.05, 4.69) is 36.4 Å². The molecule has 0 unspecified atom stereocenters. The number of nitrogens with zero attached hydrogens (tertiary/aromatic N) is 1. The smallest absolute Gasteiger partial charge is 0.0669 e. The monoisotopic (exact) mass is 217 g/mol. The second kappa shape index (κ2) is 3.92. The Hall–Kier alpha value is -2.33. The number of nitriles is 1. The molecule has 0 amide bonds. The highest BCUT2D eigenvalue weighted by Gasteiger charge is 2.02. The molecule has 0 aliphatic rings. The van der Waals surface area contributed by atoms with Crippen LogP contribution in [0.25, 0.3) is 21.5 Å². The van der Waals surface area contributed by atoms with Crippen molar-refractivity contribution in [3.63, 3.8) is 0 Å². The van der Waals surface area contributed by atoms with Crippen molar-refractivity contribution in [3.8, 4) is 6.07 Å². The van der Waals surface area contributed by atoms with Crippen molar-refractivity contribution in [2.24, 2.45) is 0 Å². The van der Waals surface area contributed by atoms with Gasteiger partial charge in [-0.3, -0.25) is 0 Å². The molecular formula is C16H11N. The zero-order valence-electron chi connectivity index (χ0n) is 9.35. The lowest BCUT2D eigenvalue weighted by atomic mass is 9.98. The maximum Gasteiger partial charge on any atom is 0.0669 e. The van der Waals surface area contributed by atoms with Crippen molar-refractivity contribution in [1.29, 1.82) is 5.26 Å². The fraction of sp³-hybridized carbons (Fsp3) is 0.0625. The number of benzene rings is 3. The highest BCUT2D eigenvalue weighted by atomic mass is 14.2. The highest BCUT2D eigenvalue weighted by molar-refractivity contribution is 5.99. The minimum Gasteiger partial charge on any atom is -0.198 e. The summed E-state index contributed by atoms with van der Waals surface area (Å²) in [4.78, 5) is 0. The van der Waals surface area contributed by atoms with Crippen LogP contribution in [0.4, 0.5) is 0 Å². The van der Waals surface area contributed by atoms with Crippen LogP contribution in [0.2, 0.25) is 0 Å². The molecule has 0 spiro atoms. The van der Waals surface area contributed by atoms with Crippen LogP contribution in [0.3, 0.4) is 0 Å². The lowest BCUT2D eigenvalue weighted by Crippen LogP contribution is -1.85. The van der Waals surface area contributed by atoms with Crippen LogP contribution in [-0.2, 0) is 6.42 Å². The Labute approximate surface area is 99.9 Å². The average Bonchev–Trinajstić information content (AvgIpc) is 2.37. The van der Waals surface area contributed by atoms with Crippen LogP contribution in [-0.4, -0.2) is 0 Å². The van der Waals surface area contributed by atoms with Gasteiger partial charge in [0.25, 0.3) is 0 Å². The second-order valence-corrected chi connectivity index (χ2v) is 4.17. The third kappa shape index (κ3) is 1.64. The van der Waals surface area contributed by atoms with Gasteiger partial charge in [0, 0.05) is 0 Å². The summed E-state index contributed by atoms with van der Waals surface area (Å²) in [5.74, 6) is 0. The number of hydrogen-bond donors (Lipinski definition) is 0. The molecule has 0 aromatic heterocycles. The van der Waals surface area contributed by atoms with Crippen LogP contribution in [0.15, 0.2) is 54.6 Å². The average molecular weight is 217 g/mol. The maximum atomic E-state index is 8.84. The van der Waals surface area contributed by atoms with Crippen LogP contribution in [0.5, 0.6) is 0 Å². The summed E-state index contributed by atoms with van der Waals surface area (Å²) >= 11 is 0. The molecule has 80 valence electrons. The van der Waals surface area contributed by atoms with E-state index in [4.69, 9.17) is 5.26 Å². The molecule has 3 rings (SSSR count). The minimum atomic E-state index is 0.468. The molecule has 1 nitrogen and oxygen atoms in total. The summed E-state index contributed by atoms with van der Waals surface area (Å²) in [6.07, 6.45) is 0.468. The molecular weight excluding hydrogens is 206 g/mol. The van der Waals surface area contributed by atoms with Gasteiger partial charge in [-0.1, -0.05) is 42.5 Å². The van der Waals surface area contributed by atoms with Gasteiger partial charge in [-0.2, -0.15) is 5.26 Å². The topological polar surface area (TPSA) is 23.8 Å². The molecule has 0 heterocycles. The van der Waals surface area contributed by atoms with E-state index in [1.165, 1.54) is 21.5 Å². The third-order valence-electron chi connectivity index (χ3n) is 3.11. The zero-order chi connectivity index (χ0) is 11.7. The fourth-order valence-corrected chi connectivity index (χ4v) is 2.27. The summed E-state index contributed by atoms with van der Waals surface area (Å²) in [5.41, 5.74) is 1.11. The summed E-state index contributed by atoms with van der Waals surface area (Å²) < 4.78 is 0. The van der Waals surface area contributed by atoms with E-state index in [1.807, 2.05) is 24.3 Å². The summed E-state index contributed by atoms with van der Waals surface area (Å²) in [6.45, 7) is 0. The van der Waals surface area contributed by atoms with E-state index < -0.39 is 0 Å². The molecule has 0 aliphatic carbocycles. The summed E-state index contributed by atoms with van der Waals surface area (Å²) in [5, 5.41) is 13.7. The van der Waals surface area contributed by atoms with E-state index in [1.54, 1.807) is 0 Å². The Morgan fingerprint density at radius 1 is 0.824 bits per heavy atom. The SMILES string of the molecule is N#CCc1cccc2cc3ccccc3cc12. The second-order valence-electron chi connectivity index (χ2n) is 4.17. The highest BCUT2D eigenvalue weighted by Crippen LogP contribution is 2.25. The largest absolute Gasteiger partial charge is 0.198 e. The fourth-order valence-electron chi connectivity index (χ4n) is 2.27. The van der Waals surface area contributed by atoms with Crippen LogP contribution in [0.1, 0.15) is 5.56 Å². The number of hydrogen-bond acceptors (Lipinski definition) is 1. The molecule has 0 saturated carbocycles. The molecule has 0 aliphatic heterocycles. The summed E-state index contributed by atoms with van der Waals surface area (Å²) in [7, 11) is 0. The minimum absolute atomic E-state index is 0.468. The van der Waals surface area contributed by atoms with Gasteiger partial charge in [-0.05, 0) is 39.2 Å². The van der Waals surface area contributed by atoms with Crippen molar-refractivity contribution in [1.82, 2.24) is 0 Å². The first kappa shape index (κ1) is 9.86. The predicted molar refractivity (Wildman–Crippen MR) is 70.8 cm³/mol. The Kier molecular flexibility index (Phi) is 2.27. The Bertz CT molecular complexity index is 735. The molecule has 0 radical (unpaired) electrons. The van der Waals surface area contributed by atoms with Gasteiger partial charge in [0.15, 0.2) is 0 Å². The first-order valence-corrected chi connectivity index (χ1v) is 5.66.